The van der Waals surface area contributed by atoms with Crippen molar-refractivity contribution in [2.45, 2.75) is 39.8 Å². The SMILES string of the molecule is CC(C)(C)C(CCO)NCc1ccc2cnccc2c1. The Balaban J connectivity index is 2.07. The summed E-state index contributed by atoms with van der Waals surface area (Å²) in [5.74, 6) is 0. The zero-order valence-corrected chi connectivity index (χ0v) is 12.6. The van der Waals surface area contributed by atoms with Gasteiger partial charge in [-0.2, -0.15) is 0 Å². The van der Waals surface area contributed by atoms with Crippen LogP contribution in [-0.2, 0) is 6.54 Å². The van der Waals surface area contributed by atoms with Crippen LogP contribution in [0.25, 0.3) is 10.8 Å². The molecule has 0 aliphatic rings. The number of nitrogens with zero attached hydrogens (tertiary/aromatic N) is 1. The number of pyridine rings is 1. The lowest BCUT2D eigenvalue weighted by molar-refractivity contribution is 0.196. The number of aliphatic hydroxyl groups excluding tert-OH is 1. The molecule has 2 rings (SSSR count). The summed E-state index contributed by atoms with van der Waals surface area (Å²) in [6, 6.07) is 8.78. The number of hydrogen-bond donors (Lipinski definition) is 2. The molecule has 1 aromatic carbocycles. The summed E-state index contributed by atoms with van der Waals surface area (Å²) in [6.07, 6.45) is 4.49. The molecular formula is C17H24N2O. The lowest BCUT2D eigenvalue weighted by Crippen LogP contribution is -2.40. The quantitative estimate of drug-likeness (QED) is 0.879. The Morgan fingerprint density at radius 3 is 2.70 bits per heavy atom. The first-order valence-corrected chi connectivity index (χ1v) is 7.17. The van der Waals surface area contributed by atoms with E-state index in [1.807, 2.05) is 18.5 Å². The zero-order chi connectivity index (χ0) is 14.6. The van der Waals surface area contributed by atoms with Crippen LogP contribution < -0.4 is 5.32 Å². The molecule has 20 heavy (non-hydrogen) atoms. The lowest BCUT2D eigenvalue weighted by atomic mass is 9.85. The van der Waals surface area contributed by atoms with Gasteiger partial charge in [0.2, 0.25) is 0 Å². The summed E-state index contributed by atoms with van der Waals surface area (Å²) < 4.78 is 0. The van der Waals surface area contributed by atoms with E-state index in [0.29, 0.717) is 6.04 Å². The minimum Gasteiger partial charge on any atom is -0.396 e. The summed E-state index contributed by atoms with van der Waals surface area (Å²) in [4.78, 5) is 4.13. The first kappa shape index (κ1) is 14.9. The van der Waals surface area contributed by atoms with Crippen LogP contribution in [0.3, 0.4) is 0 Å². The highest BCUT2D eigenvalue weighted by Crippen LogP contribution is 2.22. The molecule has 1 aromatic heterocycles. The predicted octanol–water partition coefficient (Wildman–Crippen LogP) is 3.12. The summed E-state index contributed by atoms with van der Waals surface area (Å²) in [5.41, 5.74) is 1.40. The molecule has 0 aliphatic carbocycles. The maximum Gasteiger partial charge on any atom is 0.0446 e. The fraction of sp³-hybridized carbons (Fsp3) is 0.471. The topological polar surface area (TPSA) is 45.1 Å². The minimum absolute atomic E-state index is 0.142. The summed E-state index contributed by atoms with van der Waals surface area (Å²) in [7, 11) is 0. The highest BCUT2D eigenvalue weighted by atomic mass is 16.3. The first-order valence-electron chi connectivity index (χ1n) is 7.17. The van der Waals surface area contributed by atoms with E-state index in [-0.39, 0.29) is 12.0 Å². The average molecular weight is 272 g/mol. The fourth-order valence-electron chi connectivity index (χ4n) is 2.45. The van der Waals surface area contributed by atoms with E-state index in [4.69, 9.17) is 0 Å². The summed E-state index contributed by atoms with van der Waals surface area (Å²) in [5, 5.41) is 15.1. The van der Waals surface area contributed by atoms with Gasteiger partial charge in [-0.1, -0.05) is 32.9 Å². The second kappa shape index (κ2) is 6.33. The Kier molecular flexibility index (Phi) is 4.73. The van der Waals surface area contributed by atoms with Crippen molar-refractivity contribution < 1.29 is 5.11 Å². The highest BCUT2D eigenvalue weighted by molar-refractivity contribution is 5.81. The Morgan fingerprint density at radius 2 is 2.00 bits per heavy atom. The van der Waals surface area contributed by atoms with Gasteiger partial charge in [-0.25, -0.2) is 0 Å². The molecule has 2 N–H and O–H groups in total. The third kappa shape index (κ3) is 3.78. The van der Waals surface area contributed by atoms with Crippen LogP contribution in [0.5, 0.6) is 0 Å². The van der Waals surface area contributed by atoms with E-state index in [9.17, 15) is 5.11 Å². The predicted molar refractivity (Wildman–Crippen MR) is 83.5 cm³/mol. The standard InChI is InChI=1S/C17H24N2O/c1-17(2,3)16(7-9-20)19-11-13-4-5-15-12-18-8-6-14(15)10-13/h4-6,8,10,12,16,19-20H,7,9,11H2,1-3H3. The van der Waals surface area contributed by atoms with Gasteiger partial charge in [0.05, 0.1) is 0 Å². The number of hydrogen-bond acceptors (Lipinski definition) is 3. The van der Waals surface area contributed by atoms with E-state index >= 15 is 0 Å². The van der Waals surface area contributed by atoms with Crippen molar-refractivity contribution in [1.82, 2.24) is 10.3 Å². The fourth-order valence-corrected chi connectivity index (χ4v) is 2.45. The molecule has 0 aliphatic heterocycles. The Morgan fingerprint density at radius 1 is 1.20 bits per heavy atom. The van der Waals surface area contributed by atoms with Gasteiger partial charge in [0.15, 0.2) is 0 Å². The molecule has 2 aromatic rings. The number of aromatic nitrogens is 1. The van der Waals surface area contributed by atoms with Crippen LogP contribution in [0.1, 0.15) is 32.8 Å². The highest BCUT2D eigenvalue weighted by Gasteiger charge is 2.23. The maximum atomic E-state index is 9.19. The molecular weight excluding hydrogens is 248 g/mol. The van der Waals surface area contributed by atoms with E-state index < -0.39 is 0 Å². The second-order valence-corrected chi connectivity index (χ2v) is 6.37. The Bertz CT molecular complexity index is 560. The Labute approximate surface area is 121 Å². The molecule has 1 atom stereocenters. The van der Waals surface area contributed by atoms with E-state index in [1.165, 1.54) is 16.3 Å². The molecule has 0 saturated heterocycles. The van der Waals surface area contributed by atoms with E-state index in [1.54, 1.807) is 0 Å². The van der Waals surface area contributed by atoms with Crippen LogP contribution in [0, 0.1) is 5.41 Å². The summed E-state index contributed by atoms with van der Waals surface area (Å²) in [6.45, 7) is 7.64. The smallest absolute Gasteiger partial charge is 0.0446 e. The molecule has 0 fully saturated rings. The van der Waals surface area contributed by atoms with Gasteiger partial charge in [0, 0.05) is 37.0 Å². The van der Waals surface area contributed by atoms with Gasteiger partial charge in [-0.3, -0.25) is 4.98 Å². The third-order valence-corrected chi connectivity index (χ3v) is 3.72. The monoisotopic (exact) mass is 272 g/mol. The largest absolute Gasteiger partial charge is 0.396 e. The van der Waals surface area contributed by atoms with Crippen LogP contribution >= 0.6 is 0 Å². The number of aliphatic hydroxyl groups is 1. The van der Waals surface area contributed by atoms with Crippen molar-refractivity contribution in [2.75, 3.05) is 6.61 Å². The van der Waals surface area contributed by atoms with E-state index in [0.717, 1.165) is 13.0 Å². The van der Waals surface area contributed by atoms with Crippen molar-refractivity contribution >= 4 is 10.8 Å². The van der Waals surface area contributed by atoms with Crippen LogP contribution in [0.2, 0.25) is 0 Å². The maximum absolute atomic E-state index is 9.19. The molecule has 0 saturated carbocycles. The Hall–Kier alpha value is -1.45. The number of benzene rings is 1. The molecule has 0 amide bonds. The third-order valence-electron chi connectivity index (χ3n) is 3.72. The lowest BCUT2D eigenvalue weighted by Gasteiger charge is -2.31. The molecule has 108 valence electrons. The van der Waals surface area contributed by atoms with Gasteiger partial charge in [0.1, 0.15) is 0 Å². The molecule has 0 spiro atoms. The van der Waals surface area contributed by atoms with Gasteiger partial charge in [0.25, 0.3) is 0 Å². The molecule has 3 heteroatoms. The normalized spacial score (nSPS) is 13.6. The second-order valence-electron chi connectivity index (χ2n) is 6.37. The summed E-state index contributed by atoms with van der Waals surface area (Å²) >= 11 is 0. The van der Waals surface area contributed by atoms with Crippen molar-refractivity contribution in [1.29, 1.82) is 0 Å². The van der Waals surface area contributed by atoms with Crippen molar-refractivity contribution in [2.24, 2.45) is 5.41 Å². The van der Waals surface area contributed by atoms with Crippen LogP contribution in [0.4, 0.5) is 0 Å². The molecule has 3 nitrogen and oxygen atoms in total. The van der Waals surface area contributed by atoms with Crippen molar-refractivity contribution in [3.05, 3.63) is 42.2 Å². The van der Waals surface area contributed by atoms with Crippen LogP contribution in [-0.4, -0.2) is 22.7 Å². The van der Waals surface area contributed by atoms with Gasteiger partial charge in [-0.15, -0.1) is 0 Å². The molecule has 0 bridgehead atoms. The molecule has 1 heterocycles. The number of rotatable bonds is 5. The van der Waals surface area contributed by atoms with Crippen molar-refractivity contribution in [3.63, 3.8) is 0 Å². The number of fused-ring (bicyclic) bond motifs is 1. The van der Waals surface area contributed by atoms with Gasteiger partial charge in [-0.05, 0) is 34.9 Å². The zero-order valence-electron chi connectivity index (χ0n) is 12.6. The van der Waals surface area contributed by atoms with E-state index in [2.05, 4.69) is 49.3 Å². The number of nitrogens with one attached hydrogen (secondary N) is 1. The molecule has 1 unspecified atom stereocenters. The average Bonchev–Trinajstić information content (AvgIpc) is 2.42. The first-order chi connectivity index (χ1) is 9.50. The van der Waals surface area contributed by atoms with Crippen LogP contribution in [0.15, 0.2) is 36.7 Å². The van der Waals surface area contributed by atoms with Gasteiger partial charge >= 0.3 is 0 Å². The van der Waals surface area contributed by atoms with Crippen molar-refractivity contribution in [3.8, 4) is 0 Å². The van der Waals surface area contributed by atoms with Gasteiger partial charge < -0.3 is 10.4 Å². The minimum atomic E-state index is 0.142. The molecule has 0 radical (unpaired) electrons.